The van der Waals surface area contributed by atoms with Crippen molar-refractivity contribution in [3.63, 3.8) is 0 Å². The SMILES string of the molecule is CCOC(=O)C1Cn2cc(C(F)(F)F)nc2NC1C. The standard InChI is InChI=1S/C11H14F3N3O2/c1-3-19-9(18)7-4-17-5-8(11(12,13)14)16-10(17)15-6(7)2/h5-7H,3-4H2,1-2H3,(H,15,16). The van der Waals surface area contributed by atoms with Gasteiger partial charge in [-0.15, -0.1) is 0 Å². The van der Waals surface area contributed by atoms with Crippen molar-refractivity contribution in [2.24, 2.45) is 5.92 Å². The minimum Gasteiger partial charge on any atom is -0.466 e. The van der Waals surface area contributed by atoms with Gasteiger partial charge in [-0.25, -0.2) is 4.98 Å². The van der Waals surface area contributed by atoms with Gasteiger partial charge in [0.25, 0.3) is 0 Å². The molecule has 0 bridgehead atoms. The zero-order chi connectivity index (χ0) is 14.2. The number of hydrogen-bond acceptors (Lipinski definition) is 4. The summed E-state index contributed by atoms with van der Waals surface area (Å²) in [5.74, 6) is -0.821. The largest absolute Gasteiger partial charge is 0.466 e. The van der Waals surface area contributed by atoms with Crippen LogP contribution in [0.15, 0.2) is 6.20 Å². The number of esters is 1. The van der Waals surface area contributed by atoms with Crippen molar-refractivity contribution in [2.75, 3.05) is 11.9 Å². The highest BCUT2D eigenvalue weighted by Gasteiger charge is 2.38. The maximum atomic E-state index is 12.6. The van der Waals surface area contributed by atoms with Crippen LogP contribution in [0.1, 0.15) is 19.5 Å². The second-order valence-electron chi connectivity index (χ2n) is 4.39. The van der Waals surface area contributed by atoms with Gasteiger partial charge in [0.1, 0.15) is 0 Å². The smallest absolute Gasteiger partial charge is 0.434 e. The Labute approximate surface area is 107 Å². The summed E-state index contributed by atoms with van der Waals surface area (Å²) in [6, 6.07) is -0.324. The molecule has 0 saturated carbocycles. The number of rotatable bonds is 2. The van der Waals surface area contributed by atoms with Crippen LogP contribution < -0.4 is 5.32 Å². The number of fused-ring (bicyclic) bond motifs is 1. The monoisotopic (exact) mass is 277 g/mol. The molecule has 0 aromatic carbocycles. The van der Waals surface area contributed by atoms with E-state index in [4.69, 9.17) is 4.74 Å². The zero-order valence-corrected chi connectivity index (χ0v) is 10.5. The molecule has 2 unspecified atom stereocenters. The Morgan fingerprint density at radius 1 is 1.63 bits per heavy atom. The Hall–Kier alpha value is -1.73. The molecule has 2 atom stereocenters. The minimum atomic E-state index is -4.49. The number of hydrogen-bond donors (Lipinski definition) is 1. The van der Waals surface area contributed by atoms with E-state index < -0.39 is 23.8 Å². The summed E-state index contributed by atoms with van der Waals surface area (Å²) in [4.78, 5) is 15.2. The number of alkyl halides is 3. The average Bonchev–Trinajstić information content (AvgIpc) is 2.70. The highest BCUT2D eigenvalue weighted by atomic mass is 19.4. The second kappa shape index (κ2) is 4.75. The summed E-state index contributed by atoms with van der Waals surface area (Å²) in [5.41, 5.74) is -0.966. The number of imidazole rings is 1. The fourth-order valence-electron chi connectivity index (χ4n) is 2.01. The van der Waals surface area contributed by atoms with E-state index in [-0.39, 0.29) is 25.1 Å². The predicted octanol–water partition coefficient (Wildman–Crippen LogP) is 1.90. The van der Waals surface area contributed by atoms with E-state index in [9.17, 15) is 18.0 Å². The number of nitrogens with zero attached hydrogens (tertiary/aromatic N) is 2. The van der Waals surface area contributed by atoms with E-state index in [0.29, 0.717) is 0 Å². The molecular formula is C11H14F3N3O2. The Morgan fingerprint density at radius 2 is 2.32 bits per heavy atom. The van der Waals surface area contributed by atoms with Crippen LogP contribution in [-0.4, -0.2) is 28.2 Å². The molecule has 8 heteroatoms. The highest BCUT2D eigenvalue weighted by Crippen LogP contribution is 2.32. The zero-order valence-electron chi connectivity index (χ0n) is 10.5. The molecule has 5 nitrogen and oxygen atoms in total. The van der Waals surface area contributed by atoms with Crippen molar-refractivity contribution in [2.45, 2.75) is 32.6 Å². The van der Waals surface area contributed by atoms with E-state index in [1.54, 1.807) is 13.8 Å². The first-order valence-electron chi connectivity index (χ1n) is 5.90. The van der Waals surface area contributed by atoms with Crippen LogP contribution in [0, 0.1) is 5.92 Å². The van der Waals surface area contributed by atoms with Gasteiger partial charge >= 0.3 is 12.1 Å². The Kier molecular flexibility index (Phi) is 3.42. The molecule has 1 aliphatic rings. The van der Waals surface area contributed by atoms with E-state index in [0.717, 1.165) is 6.20 Å². The first-order chi connectivity index (χ1) is 8.82. The number of halogens is 3. The van der Waals surface area contributed by atoms with Crippen LogP contribution >= 0.6 is 0 Å². The number of anilines is 1. The van der Waals surface area contributed by atoms with Crippen molar-refractivity contribution >= 4 is 11.9 Å². The maximum absolute atomic E-state index is 12.6. The average molecular weight is 277 g/mol. The van der Waals surface area contributed by atoms with Crippen LogP contribution in [0.3, 0.4) is 0 Å². The number of nitrogens with one attached hydrogen (secondary N) is 1. The van der Waals surface area contributed by atoms with Gasteiger partial charge in [0.2, 0.25) is 5.95 Å². The molecule has 1 aliphatic heterocycles. The van der Waals surface area contributed by atoms with Gasteiger partial charge in [0.15, 0.2) is 5.69 Å². The fraction of sp³-hybridized carbons (Fsp3) is 0.636. The molecule has 2 heterocycles. The van der Waals surface area contributed by atoms with Crippen molar-refractivity contribution in [1.82, 2.24) is 9.55 Å². The predicted molar refractivity (Wildman–Crippen MR) is 60.4 cm³/mol. The fourth-order valence-corrected chi connectivity index (χ4v) is 2.01. The molecule has 0 spiro atoms. The van der Waals surface area contributed by atoms with E-state index >= 15 is 0 Å². The molecule has 1 N–H and O–H groups in total. The summed E-state index contributed by atoms with van der Waals surface area (Å²) >= 11 is 0. The maximum Gasteiger partial charge on any atom is 0.434 e. The topological polar surface area (TPSA) is 56.2 Å². The van der Waals surface area contributed by atoms with Gasteiger partial charge in [-0.3, -0.25) is 4.79 Å². The highest BCUT2D eigenvalue weighted by molar-refractivity contribution is 5.74. The molecule has 1 aromatic rings. The molecular weight excluding hydrogens is 263 g/mol. The normalized spacial score (nSPS) is 22.6. The number of ether oxygens (including phenoxy) is 1. The van der Waals surface area contributed by atoms with Crippen molar-refractivity contribution in [3.05, 3.63) is 11.9 Å². The lowest BCUT2D eigenvalue weighted by Crippen LogP contribution is -2.41. The van der Waals surface area contributed by atoms with Gasteiger partial charge < -0.3 is 14.6 Å². The van der Waals surface area contributed by atoms with E-state index in [1.165, 1.54) is 4.57 Å². The van der Waals surface area contributed by atoms with Crippen LogP contribution in [0.2, 0.25) is 0 Å². The number of carbonyl (C=O) groups excluding carboxylic acids is 1. The first kappa shape index (κ1) is 13.7. The van der Waals surface area contributed by atoms with Gasteiger partial charge in [0.05, 0.1) is 12.5 Å². The molecule has 0 saturated heterocycles. The molecule has 106 valence electrons. The third kappa shape index (κ3) is 2.66. The first-order valence-corrected chi connectivity index (χ1v) is 5.90. The number of carbonyl (C=O) groups is 1. The van der Waals surface area contributed by atoms with Crippen LogP contribution in [-0.2, 0) is 22.3 Å². The Bertz CT molecular complexity index is 484. The lowest BCUT2D eigenvalue weighted by atomic mass is 10.00. The summed E-state index contributed by atoms with van der Waals surface area (Å²) in [7, 11) is 0. The number of aromatic nitrogens is 2. The summed E-state index contributed by atoms with van der Waals surface area (Å²) in [6.07, 6.45) is -3.59. The third-order valence-corrected chi connectivity index (χ3v) is 3.01. The Morgan fingerprint density at radius 3 is 2.89 bits per heavy atom. The second-order valence-corrected chi connectivity index (χ2v) is 4.39. The Balaban J connectivity index is 2.23. The molecule has 1 aromatic heterocycles. The lowest BCUT2D eigenvalue weighted by Gasteiger charge is -2.29. The van der Waals surface area contributed by atoms with E-state index in [2.05, 4.69) is 10.3 Å². The lowest BCUT2D eigenvalue weighted by molar-refractivity contribution is -0.149. The molecule has 0 amide bonds. The van der Waals surface area contributed by atoms with Crippen molar-refractivity contribution < 1.29 is 22.7 Å². The molecule has 0 aliphatic carbocycles. The molecule has 2 rings (SSSR count). The third-order valence-electron chi connectivity index (χ3n) is 3.01. The van der Waals surface area contributed by atoms with Gasteiger partial charge in [-0.2, -0.15) is 13.2 Å². The minimum absolute atomic E-state index is 0.125. The quantitative estimate of drug-likeness (QED) is 0.839. The summed E-state index contributed by atoms with van der Waals surface area (Å²) < 4.78 is 43.9. The van der Waals surface area contributed by atoms with Crippen LogP contribution in [0.5, 0.6) is 0 Å². The van der Waals surface area contributed by atoms with E-state index in [1.807, 2.05) is 0 Å². The van der Waals surface area contributed by atoms with Gasteiger partial charge in [-0.1, -0.05) is 0 Å². The molecule has 19 heavy (non-hydrogen) atoms. The summed E-state index contributed by atoms with van der Waals surface area (Å²) in [6.45, 7) is 3.77. The van der Waals surface area contributed by atoms with Gasteiger partial charge in [-0.05, 0) is 13.8 Å². The van der Waals surface area contributed by atoms with Crippen LogP contribution in [0.25, 0.3) is 0 Å². The molecule has 0 radical (unpaired) electrons. The van der Waals surface area contributed by atoms with Crippen LogP contribution in [0.4, 0.5) is 19.1 Å². The van der Waals surface area contributed by atoms with Crippen molar-refractivity contribution in [1.29, 1.82) is 0 Å². The van der Waals surface area contributed by atoms with Gasteiger partial charge in [0, 0.05) is 18.8 Å². The van der Waals surface area contributed by atoms with Crippen molar-refractivity contribution in [3.8, 4) is 0 Å². The molecule has 0 fully saturated rings. The summed E-state index contributed by atoms with van der Waals surface area (Å²) in [5, 5.41) is 2.79.